The van der Waals surface area contributed by atoms with E-state index in [9.17, 15) is 9.90 Å². The highest BCUT2D eigenvalue weighted by Crippen LogP contribution is 2.27. The second-order valence-electron chi connectivity index (χ2n) is 5.19. The third-order valence-electron chi connectivity index (χ3n) is 3.56. The van der Waals surface area contributed by atoms with Crippen LogP contribution < -0.4 is 4.74 Å². The highest BCUT2D eigenvalue weighted by molar-refractivity contribution is 9.10. The molecule has 0 saturated heterocycles. The maximum Gasteiger partial charge on any atom is 0.309 e. The third kappa shape index (κ3) is 4.56. The van der Waals surface area contributed by atoms with Gasteiger partial charge in [0.05, 0.1) is 24.6 Å². The first kappa shape index (κ1) is 17.5. The summed E-state index contributed by atoms with van der Waals surface area (Å²) in [6, 6.07) is 11.3. The minimum atomic E-state index is -0.321. The Morgan fingerprint density at radius 3 is 2.61 bits per heavy atom. The second-order valence-corrected chi connectivity index (χ2v) is 6.04. The molecule has 2 rings (SSSR count). The minimum absolute atomic E-state index is 0.108. The number of ether oxygens (including phenoxy) is 2. The standard InChI is InChI=1S/C18H19BrO4/c1-12-6-7-17(16(19)8-12)23-11-15-13(9-18(21)22-2)4-3-5-14(15)10-20/h3-8,20H,9-11H2,1-2H3. The van der Waals surface area contributed by atoms with Crippen molar-refractivity contribution in [3.63, 3.8) is 0 Å². The average molecular weight is 379 g/mol. The molecule has 122 valence electrons. The van der Waals surface area contributed by atoms with Gasteiger partial charge in [0.25, 0.3) is 0 Å². The lowest BCUT2D eigenvalue weighted by atomic mass is 9.99. The number of halogens is 1. The van der Waals surface area contributed by atoms with E-state index in [0.29, 0.717) is 5.75 Å². The SMILES string of the molecule is COC(=O)Cc1cccc(CO)c1COc1ccc(C)cc1Br. The maximum absolute atomic E-state index is 11.6. The van der Waals surface area contributed by atoms with Crippen LogP contribution in [0.3, 0.4) is 0 Å². The molecular weight excluding hydrogens is 360 g/mol. The van der Waals surface area contributed by atoms with E-state index in [1.807, 2.05) is 43.3 Å². The Kier molecular flexibility index (Phi) is 6.19. The van der Waals surface area contributed by atoms with Gasteiger partial charge < -0.3 is 14.6 Å². The number of methoxy groups -OCH3 is 1. The van der Waals surface area contributed by atoms with Crippen LogP contribution in [-0.2, 0) is 29.2 Å². The zero-order chi connectivity index (χ0) is 16.8. The molecule has 0 spiro atoms. The largest absolute Gasteiger partial charge is 0.488 e. The Labute approximate surface area is 144 Å². The monoisotopic (exact) mass is 378 g/mol. The van der Waals surface area contributed by atoms with Gasteiger partial charge in [-0.25, -0.2) is 0 Å². The molecule has 0 aliphatic carbocycles. The van der Waals surface area contributed by atoms with Crippen molar-refractivity contribution in [3.8, 4) is 5.75 Å². The van der Waals surface area contributed by atoms with Crippen LogP contribution in [-0.4, -0.2) is 18.2 Å². The number of carbonyl (C=O) groups excluding carboxylic acids is 1. The van der Waals surface area contributed by atoms with E-state index >= 15 is 0 Å². The van der Waals surface area contributed by atoms with Gasteiger partial charge in [0, 0.05) is 0 Å². The zero-order valence-corrected chi connectivity index (χ0v) is 14.7. The van der Waals surface area contributed by atoms with Crippen molar-refractivity contribution in [2.75, 3.05) is 7.11 Å². The summed E-state index contributed by atoms with van der Waals surface area (Å²) < 4.78 is 11.5. The van der Waals surface area contributed by atoms with Gasteiger partial charge >= 0.3 is 5.97 Å². The van der Waals surface area contributed by atoms with Gasteiger partial charge in [0.2, 0.25) is 0 Å². The molecule has 0 unspecified atom stereocenters. The van der Waals surface area contributed by atoms with Gasteiger partial charge in [-0.15, -0.1) is 0 Å². The fraction of sp³-hybridized carbons (Fsp3) is 0.278. The first-order valence-electron chi connectivity index (χ1n) is 7.21. The van der Waals surface area contributed by atoms with Crippen LogP contribution in [0.25, 0.3) is 0 Å². The first-order valence-corrected chi connectivity index (χ1v) is 8.00. The summed E-state index contributed by atoms with van der Waals surface area (Å²) in [7, 11) is 1.36. The van der Waals surface area contributed by atoms with Crippen LogP contribution in [0.4, 0.5) is 0 Å². The number of aliphatic hydroxyl groups excluding tert-OH is 1. The summed E-state index contributed by atoms with van der Waals surface area (Å²) in [5.74, 6) is 0.394. The highest BCUT2D eigenvalue weighted by Gasteiger charge is 2.13. The third-order valence-corrected chi connectivity index (χ3v) is 4.18. The molecule has 5 heteroatoms. The molecule has 0 bridgehead atoms. The van der Waals surface area contributed by atoms with E-state index in [2.05, 4.69) is 15.9 Å². The number of aryl methyl sites for hydroxylation is 1. The molecule has 0 saturated carbocycles. The molecule has 4 nitrogen and oxygen atoms in total. The van der Waals surface area contributed by atoms with Gasteiger partial charge in [-0.1, -0.05) is 24.3 Å². The minimum Gasteiger partial charge on any atom is -0.488 e. The lowest BCUT2D eigenvalue weighted by Crippen LogP contribution is -2.10. The van der Waals surface area contributed by atoms with Crippen molar-refractivity contribution >= 4 is 21.9 Å². The fourth-order valence-corrected chi connectivity index (χ4v) is 2.90. The van der Waals surface area contributed by atoms with Gasteiger partial charge in [0.15, 0.2) is 0 Å². The lowest BCUT2D eigenvalue weighted by molar-refractivity contribution is -0.139. The predicted molar refractivity (Wildman–Crippen MR) is 91.3 cm³/mol. The molecule has 0 atom stereocenters. The molecular formula is C18H19BrO4. The fourth-order valence-electron chi connectivity index (χ4n) is 2.29. The molecule has 0 radical (unpaired) electrons. The summed E-state index contributed by atoms with van der Waals surface area (Å²) in [6.45, 7) is 2.16. The lowest BCUT2D eigenvalue weighted by Gasteiger charge is -2.15. The number of rotatable bonds is 6. The van der Waals surface area contributed by atoms with Crippen LogP contribution in [0.2, 0.25) is 0 Å². The van der Waals surface area contributed by atoms with E-state index < -0.39 is 0 Å². The summed E-state index contributed by atoms with van der Waals surface area (Å²) >= 11 is 3.48. The zero-order valence-electron chi connectivity index (χ0n) is 13.1. The Morgan fingerprint density at radius 1 is 1.22 bits per heavy atom. The van der Waals surface area contributed by atoms with E-state index in [1.54, 1.807) is 0 Å². The van der Waals surface area contributed by atoms with E-state index in [1.165, 1.54) is 7.11 Å². The molecule has 2 aromatic carbocycles. The van der Waals surface area contributed by atoms with Crippen LogP contribution in [0.5, 0.6) is 5.75 Å². The van der Waals surface area contributed by atoms with Crippen molar-refractivity contribution in [3.05, 3.63) is 63.1 Å². The molecule has 0 amide bonds. The number of esters is 1. The van der Waals surface area contributed by atoms with Crippen molar-refractivity contribution < 1.29 is 19.4 Å². The van der Waals surface area contributed by atoms with E-state index in [0.717, 1.165) is 26.7 Å². The summed E-state index contributed by atoms with van der Waals surface area (Å²) in [5.41, 5.74) is 3.49. The van der Waals surface area contributed by atoms with Crippen molar-refractivity contribution in [2.45, 2.75) is 26.6 Å². The molecule has 0 heterocycles. The summed E-state index contributed by atoms with van der Waals surface area (Å²) in [5, 5.41) is 9.54. The van der Waals surface area contributed by atoms with Crippen LogP contribution in [0.1, 0.15) is 22.3 Å². The van der Waals surface area contributed by atoms with Crippen LogP contribution >= 0.6 is 15.9 Å². The smallest absolute Gasteiger partial charge is 0.309 e. The van der Waals surface area contributed by atoms with E-state index in [-0.39, 0.29) is 25.6 Å². The van der Waals surface area contributed by atoms with Crippen LogP contribution in [0, 0.1) is 6.92 Å². The Balaban J connectivity index is 2.24. The average Bonchev–Trinajstić information content (AvgIpc) is 2.54. The molecule has 0 aliphatic rings. The summed E-state index contributed by atoms with van der Waals surface area (Å²) in [6.07, 6.45) is 0.151. The molecule has 0 fully saturated rings. The van der Waals surface area contributed by atoms with Gasteiger partial charge in [-0.2, -0.15) is 0 Å². The number of carbonyl (C=O) groups is 1. The predicted octanol–water partition coefficient (Wildman–Crippen LogP) is 3.54. The number of hydrogen-bond donors (Lipinski definition) is 1. The molecule has 0 aliphatic heterocycles. The summed E-state index contributed by atoms with van der Waals surface area (Å²) in [4.78, 5) is 11.6. The van der Waals surface area contributed by atoms with Crippen molar-refractivity contribution in [2.24, 2.45) is 0 Å². The second kappa shape index (κ2) is 8.13. The molecule has 0 aromatic heterocycles. The number of aliphatic hydroxyl groups is 1. The normalized spacial score (nSPS) is 10.4. The maximum atomic E-state index is 11.6. The quantitative estimate of drug-likeness (QED) is 0.780. The Hall–Kier alpha value is -1.85. The van der Waals surface area contributed by atoms with Gasteiger partial charge in [-0.3, -0.25) is 4.79 Å². The Bertz CT molecular complexity index is 697. The topological polar surface area (TPSA) is 55.8 Å². The molecule has 2 aromatic rings. The first-order chi connectivity index (χ1) is 11.0. The van der Waals surface area contributed by atoms with Crippen molar-refractivity contribution in [1.29, 1.82) is 0 Å². The highest BCUT2D eigenvalue weighted by atomic mass is 79.9. The van der Waals surface area contributed by atoms with Gasteiger partial charge in [-0.05, 0) is 57.2 Å². The number of hydrogen-bond acceptors (Lipinski definition) is 4. The molecule has 23 heavy (non-hydrogen) atoms. The Morgan fingerprint density at radius 2 is 1.96 bits per heavy atom. The number of benzene rings is 2. The molecule has 1 N–H and O–H groups in total. The van der Waals surface area contributed by atoms with Gasteiger partial charge in [0.1, 0.15) is 12.4 Å². The van der Waals surface area contributed by atoms with E-state index in [4.69, 9.17) is 9.47 Å². The van der Waals surface area contributed by atoms with Crippen molar-refractivity contribution in [1.82, 2.24) is 0 Å². The van der Waals surface area contributed by atoms with Crippen LogP contribution in [0.15, 0.2) is 40.9 Å².